The number of carbonyl (C=O) groups is 3. The fourth-order valence-electron chi connectivity index (χ4n) is 4.39. The van der Waals surface area contributed by atoms with E-state index >= 15 is 0 Å². The summed E-state index contributed by atoms with van der Waals surface area (Å²) in [5.41, 5.74) is 2.01. The molecule has 1 aliphatic rings. The van der Waals surface area contributed by atoms with Crippen molar-refractivity contribution in [3.8, 4) is 0 Å². The van der Waals surface area contributed by atoms with E-state index in [4.69, 9.17) is 42.5 Å². The summed E-state index contributed by atoms with van der Waals surface area (Å²) in [5.74, 6) is -1.60. The molecule has 1 heterocycles. The van der Waals surface area contributed by atoms with E-state index in [2.05, 4.69) is 26.3 Å². The van der Waals surface area contributed by atoms with Crippen molar-refractivity contribution in [1.82, 2.24) is 16.0 Å². The topological polar surface area (TPSA) is 180 Å². The Hall–Kier alpha value is -3.46. The van der Waals surface area contributed by atoms with Gasteiger partial charge in [-0.1, -0.05) is 29.3 Å². The lowest BCUT2D eigenvalue weighted by Crippen LogP contribution is -2.39. The number of nitrogens with zero attached hydrogens (tertiary/aromatic N) is 1. The Labute approximate surface area is 271 Å². The van der Waals surface area contributed by atoms with Crippen molar-refractivity contribution in [3.05, 3.63) is 63.1 Å². The first kappa shape index (κ1) is 36.0. The lowest BCUT2D eigenvalue weighted by atomic mass is 9.95. The van der Waals surface area contributed by atoms with Gasteiger partial charge in [0.2, 0.25) is 5.91 Å². The maximum absolute atomic E-state index is 12.9. The number of aliphatic carboxylic acids is 1. The van der Waals surface area contributed by atoms with E-state index in [1.165, 1.54) is 6.07 Å². The molecular weight excluding hydrogens is 629 g/mol. The Morgan fingerprint density at radius 2 is 1.73 bits per heavy atom. The Morgan fingerprint density at radius 1 is 1.00 bits per heavy atom. The van der Waals surface area contributed by atoms with Crippen molar-refractivity contribution in [3.63, 3.8) is 0 Å². The SMILES string of the molecule is O=C(O)CC(NC(=O)CNC(=O)c1cccc(NC2=NCCCN2)c1)c1cc(Cl)cc(Cl)c1CCOCCOCCOCCO. The second kappa shape index (κ2) is 19.8. The van der Waals surface area contributed by atoms with Crippen LogP contribution in [-0.4, -0.2) is 99.8 Å². The van der Waals surface area contributed by atoms with Crippen molar-refractivity contribution >= 4 is 52.6 Å². The number of nitrogens with one attached hydrogen (secondary N) is 4. The number of anilines is 1. The summed E-state index contributed by atoms with van der Waals surface area (Å²) in [5, 5.41) is 30.4. The van der Waals surface area contributed by atoms with Crippen LogP contribution in [0.3, 0.4) is 0 Å². The first-order valence-electron chi connectivity index (χ1n) is 14.5. The molecule has 3 rings (SSSR count). The zero-order valence-electron chi connectivity index (χ0n) is 24.8. The molecule has 15 heteroatoms. The molecule has 2 amide bonds. The highest BCUT2D eigenvalue weighted by molar-refractivity contribution is 6.35. The summed E-state index contributed by atoms with van der Waals surface area (Å²) in [6, 6.07) is 8.89. The average Bonchev–Trinajstić information content (AvgIpc) is 3.01. The summed E-state index contributed by atoms with van der Waals surface area (Å²) in [7, 11) is 0. The van der Waals surface area contributed by atoms with Gasteiger partial charge in [0.15, 0.2) is 5.96 Å². The average molecular weight is 669 g/mol. The monoisotopic (exact) mass is 667 g/mol. The molecule has 1 unspecified atom stereocenters. The largest absolute Gasteiger partial charge is 0.481 e. The predicted molar refractivity (Wildman–Crippen MR) is 170 cm³/mol. The third-order valence-electron chi connectivity index (χ3n) is 6.45. The predicted octanol–water partition coefficient (Wildman–Crippen LogP) is 2.40. The second-order valence-corrected chi connectivity index (χ2v) is 10.7. The number of carboxylic acids is 1. The Kier molecular flexibility index (Phi) is 15.9. The molecule has 0 spiro atoms. The lowest BCUT2D eigenvalue weighted by Gasteiger charge is -2.22. The maximum atomic E-state index is 12.9. The molecule has 2 aromatic rings. The van der Waals surface area contributed by atoms with Gasteiger partial charge in [0.05, 0.1) is 65.3 Å². The van der Waals surface area contributed by atoms with Crippen LogP contribution in [0.4, 0.5) is 5.69 Å². The molecule has 45 heavy (non-hydrogen) atoms. The van der Waals surface area contributed by atoms with E-state index in [0.717, 1.165) is 13.0 Å². The quantitative estimate of drug-likeness (QED) is 0.122. The highest BCUT2D eigenvalue weighted by atomic mass is 35.5. The molecule has 0 saturated carbocycles. The van der Waals surface area contributed by atoms with Gasteiger partial charge in [-0.15, -0.1) is 0 Å². The number of aliphatic imine (C=N–C) groups is 1. The van der Waals surface area contributed by atoms with Gasteiger partial charge in [0, 0.05) is 34.4 Å². The van der Waals surface area contributed by atoms with Crippen LogP contribution in [0, 0.1) is 0 Å². The zero-order chi connectivity index (χ0) is 32.4. The molecule has 0 radical (unpaired) electrons. The van der Waals surface area contributed by atoms with Gasteiger partial charge >= 0.3 is 5.97 Å². The van der Waals surface area contributed by atoms with E-state index in [-0.39, 0.29) is 24.8 Å². The minimum absolute atomic E-state index is 0.0470. The minimum Gasteiger partial charge on any atom is -0.481 e. The van der Waals surface area contributed by atoms with Crippen LogP contribution in [0.2, 0.25) is 10.0 Å². The molecule has 0 aromatic heterocycles. The second-order valence-electron chi connectivity index (χ2n) is 9.88. The molecule has 0 aliphatic carbocycles. The normalized spacial score (nSPS) is 13.4. The highest BCUT2D eigenvalue weighted by Crippen LogP contribution is 2.31. The number of guanidine groups is 1. The van der Waals surface area contributed by atoms with Crippen LogP contribution in [-0.2, 0) is 30.2 Å². The molecule has 1 atom stereocenters. The number of rotatable bonds is 19. The van der Waals surface area contributed by atoms with Gasteiger partial charge in [0.25, 0.3) is 5.91 Å². The Bertz CT molecular complexity index is 1310. The van der Waals surface area contributed by atoms with Crippen molar-refractivity contribution in [2.75, 3.05) is 71.2 Å². The first-order chi connectivity index (χ1) is 21.8. The standard InChI is InChI=1S/C30H39Cl2N5O8/c31-21-16-24(23(25(32)17-21)5-9-43-11-13-45-14-12-44-10-8-38)26(18-28(40)41)37-27(39)19-35-29(42)20-3-1-4-22(15-20)36-30-33-6-2-7-34-30/h1,3-4,15-17,26,38H,2,5-14,18-19H2,(H,35,42)(H,37,39)(H,40,41)(H2,33,34,36). The highest BCUT2D eigenvalue weighted by Gasteiger charge is 2.23. The van der Waals surface area contributed by atoms with E-state index in [9.17, 15) is 19.5 Å². The molecule has 0 fully saturated rings. The van der Waals surface area contributed by atoms with Crippen molar-refractivity contribution < 1.29 is 38.8 Å². The molecule has 13 nitrogen and oxygen atoms in total. The van der Waals surface area contributed by atoms with Crippen LogP contribution in [0.5, 0.6) is 0 Å². The number of benzene rings is 2. The smallest absolute Gasteiger partial charge is 0.305 e. The zero-order valence-corrected chi connectivity index (χ0v) is 26.3. The number of hydrogen-bond donors (Lipinski definition) is 6. The van der Waals surface area contributed by atoms with Crippen LogP contribution in [0.25, 0.3) is 0 Å². The molecule has 0 bridgehead atoms. The van der Waals surface area contributed by atoms with Crippen LogP contribution >= 0.6 is 23.2 Å². The molecule has 6 N–H and O–H groups in total. The van der Waals surface area contributed by atoms with Crippen LogP contribution in [0.1, 0.15) is 40.4 Å². The lowest BCUT2D eigenvalue weighted by molar-refractivity contribution is -0.137. The minimum atomic E-state index is -1.15. The van der Waals surface area contributed by atoms with Crippen LogP contribution in [0.15, 0.2) is 41.4 Å². The van der Waals surface area contributed by atoms with Gasteiger partial charge in [0.1, 0.15) is 0 Å². The summed E-state index contributed by atoms with van der Waals surface area (Å²) in [6.07, 6.45) is 0.825. The van der Waals surface area contributed by atoms with Crippen molar-refractivity contribution in [2.24, 2.45) is 4.99 Å². The maximum Gasteiger partial charge on any atom is 0.305 e. The summed E-state index contributed by atoms with van der Waals surface area (Å²) >= 11 is 12.7. The number of aliphatic hydroxyl groups is 1. The Balaban J connectivity index is 1.57. The number of aliphatic hydroxyl groups excluding tert-OH is 1. The summed E-state index contributed by atoms with van der Waals surface area (Å²) < 4.78 is 16.2. The van der Waals surface area contributed by atoms with E-state index in [1.807, 2.05) is 0 Å². The van der Waals surface area contributed by atoms with Crippen LogP contribution < -0.4 is 21.3 Å². The third-order valence-corrected chi connectivity index (χ3v) is 7.01. The number of halogens is 2. The van der Waals surface area contributed by atoms with Gasteiger partial charge in [-0.2, -0.15) is 0 Å². The summed E-state index contributed by atoms with van der Waals surface area (Å²) in [4.78, 5) is 41.8. The van der Waals surface area contributed by atoms with Gasteiger partial charge < -0.3 is 45.7 Å². The molecule has 2 aromatic carbocycles. The van der Waals surface area contributed by atoms with Crippen molar-refractivity contribution in [2.45, 2.75) is 25.3 Å². The van der Waals surface area contributed by atoms with E-state index < -0.39 is 36.8 Å². The Morgan fingerprint density at radius 3 is 2.42 bits per heavy atom. The van der Waals surface area contributed by atoms with Gasteiger partial charge in [-0.3, -0.25) is 19.4 Å². The molecular formula is C30H39Cl2N5O8. The summed E-state index contributed by atoms with van der Waals surface area (Å²) in [6.45, 7) is 2.95. The van der Waals surface area contributed by atoms with Crippen molar-refractivity contribution in [1.29, 1.82) is 0 Å². The first-order valence-corrected chi connectivity index (χ1v) is 15.3. The fourth-order valence-corrected chi connectivity index (χ4v) is 4.99. The third kappa shape index (κ3) is 13.2. The van der Waals surface area contributed by atoms with E-state index in [1.54, 1.807) is 30.3 Å². The number of carbonyl (C=O) groups excluding carboxylic acids is 2. The number of amides is 2. The number of carboxylic acid groups (broad SMARTS) is 1. The molecule has 0 saturated heterocycles. The number of ether oxygens (including phenoxy) is 3. The van der Waals surface area contributed by atoms with Gasteiger partial charge in [-0.25, -0.2) is 0 Å². The van der Waals surface area contributed by atoms with E-state index in [0.29, 0.717) is 72.8 Å². The van der Waals surface area contributed by atoms with Gasteiger partial charge in [-0.05, 0) is 54.3 Å². The fraction of sp³-hybridized carbons (Fsp3) is 0.467. The number of hydrogen-bond acceptors (Lipinski definition) is 10. The molecule has 246 valence electrons. The molecule has 1 aliphatic heterocycles.